The van der Waals surface area contributed by atoms with Crippen molar-refractivity contribution < 1.29 is 9.32 Å². The molecule has 180 valence electrons. The number of nitrogens with one attached hydrogen (secondary N) is 1. The van der Waals surface area contributed by atoms with E-state index in [4.69, 9.17) is 4.52 Å². The van der Waals surface area contributed by atoms with Crippen molar-refractivity contribution in [2.75, 3.05) is 19.6 Å². The Morgan fingerprint density at radius 3 is 2.91 bits per heavy atom. The van der Waals surface area contributed by atoms with E-state index in [1.54, 1.807) is 4.68 Å². The predicted molar refractivity (Wildman–Crippen MR) is 131 cm³/mol. The molecule has 0 bridgehead atoms. The van der Waals surface area contributed by atoms with Gasteiger partial charge in [-0.15, -0.1) is 0 Å². The number of carbonyl (C=O) groups is 1. The second-order valence-corrected chi connectivity index (χ2v) is 10.8. The molecule has 6 rings (SSSR count). The quantitative estimate of drug-likeness (QED) is 0.574. The number of benzene rings is 1. The van der Waals surface area contributed by atoms with Crippen LogP contribution < -0.4 is 5.32 Å². The lowest BCUT2D eigenvalue weighted by atomic mass is 9.84. The number of piperidine rings is 1. The molecule has 1 amide bonds. The van der Waals surface area contributed by atoms with Crippen LogP contribution in [0.4, 0.5) is 0 Å². The topological polar surface area (TPSA) is 76.2 Å². The Balaban J connectivity index is 0.971. The van der Waals surface area contributed by atoms with Crippen LogP contribution in [0.2, 0.25) is 0 Å². The first-order valence-corrected chi connectivity index (χ1v) is 13.0. The number of likely N-dealkylation sites (tertiary alicyclic amines) is 1. The van der Waals surface area contributed by atoms with Gasteiger partial charge in [0, 0.05) is 55.7 Å². The molecule has 0 spiro atoms. The summed E-state index contributed by atoms with van der Waals surface area (Å²) in [6, 6.07) is 8.24. The maximum Gasteiger partial charge on any atom is 0.252 e. The predicted octanol–water partition coefficient (Wildman–Crippen LogP) is 4.08. The molecule has 34 heavy (non-hydrogen) atoms. The third-order valence-electron chi connectivity index (χ3n) is 8.58. The molecule has 1 saturated heterocycles. The zero-order chi connectivity index (χ0) is 23.3. The zero-order valence-corrected chi connectivity index (χ0v) is 20.3. The summed E-state index contributed by atoms with van der Waals surface area (Å²) in [4.78, 5) is 15.6. The normalized spacial score (nSPS) is 28.8. The highest BCUT2D eigenvalue weighted by molar-refractivity contribution is 6.06. The summed E-state index contributed by atoms with van der Waals surface area (Å²) in [6.45, 7) is 5.65. The summed E-state index contributed by atoms with van der Waals surface area (Å²) in [6.07, 6.45) is 9.93. The van der Waals surface area contributed by atoms with Gasteiger partial charge in [-0.3, -0.25) is 9.48 Å². The number of aryl methyl sites for hydroxylation is 2. The summed E-state index contributed by atoms with van der Waals surface area (Å²) < 4.78 is 7.26. The fraction of sp³-hybridized carbons (Fsp3) is 0.593. The lowest BCUT2D eigenvalue weighted by Gasteiger charge is -2.30. The van der Waals surface area contributed by atoms with Crippen molar-refractivity contribution in [2.24, 2.45) is 18.9 Å². The van der Waals surface area contributed by atoms with Crippen LogP contribution in [-0.2, 0) is 18.9 Å². The lowest BCUT2D eigenvalue weighted by molar-refractivity contribution is 0.0921. The molecule has 3 fully saturated rings. The number of rotatable bonds is 7. The third-order valence-corrected chi connectivity index (χ3v) is 8.58. The number of hydrogen-bond acceptors (Lipinski definition) is 5. The molecule has 2 atom stereocenters. The monoisotopic (exact) mass is 461 g/mol. The molecule has 0 radical (unpaired) electrons. The van der Waals surface area contributed by atoms with Gasteiger partial charge in [0.2, 0.25) is 0 Å². The van der Waals surface area contributed by atoms with Gasteiger partial charge < -0.3 is 14.7 Å². The lowest BCUT2D eigenvalue weighted by Crippen LogP contribution is -2.38. The average molecular weight is 462 g/mol. The van der Waals surface area contributed by atoms with Crippen LogP contribution in [0.1, 0.15) is 67.3 Å². The van der Waals surface area contributed by atoms with Crippen molar-refractivity contribution in [1.82, 2.24) is 25.2 Å². The van der Waals surface area contributed by atoms with Gasteiger partial charge in [0.05, 0.1) is 16.8 Å². The van der Waals surface area contributed by atoms with E-state index in [1.165, 1.54) is 44.5 Å². The van der Waals surface area contributed by atoms with Gasteiger partial charge in [0.25, 0.3) is 5.91 Å². The Morgan fingerprint density at radius 2 is 2.12 bits per heavy atom. The Bertz CT molecular complexity index is 1190. The van der Waals surface area contributed by atoms with Gasteiger partial charge in [-0.25, -0.2) is 0 Å². The van der Waals surface area contributed by atoms with Crippen LogP contribution in [0.5, 0.6) is 0 Å². The molecule has 1 aliphatic heterocycles. The molecule has 3 aromatic rings. The SMILES string of the molecule is CCc1cc(C23CC2CN(CCC2CCC(NC(=O)c4cccc5nn(C)cc45)CC2)C3)no1. The number of aromatic nitrogens is 3. The van der Waals surface area contributed by atoms with Gasteiger partial charge in [0.15, 0.2) is 0 Å². The van der Waals surface area contributed by atoms with Gasteiger partial charge in [0.1, 0.15) is 5.76 Å². The molecular formula is C27H35N5O2. The van der Waals surface area contributed by atoms with Crippen LogP contribution in [0.15, 0.2) is 35.0 Å². The van der Waals surface area contributed by atoms with E-state index in [0.717, 1.165) is 59.9 Å². The fourth-order valence-corrected chi connectivity index (χ4v) is 6.45. The van der Waals surface area contributed by atoms with Crippen molar-refractivity contribution in [3.63, 3.8) is 0 Å². The number of fused-ring (bicyclic) bond motifs is 2. The van der Waals surface area contributed by atoms with Gasteiger partial charge in [-0.05, 0) is 69.0 Å². The second kappa shape index (κ2) is 8.52. The van der Waals surface area contributed by atoms with Crippen LogP contribution in [-0.4, -0.2) is 51.4 Å². The van der Waals surface area contributed by atoms with Gasteiger partial charge >= 0.3 is 0 Å². The molecule has 7 heteroatoms. The maximum absolute atomic E-state index is 13.0. The van der Waals surface area contributed by atoms with Gasteiger partial charge in [-0.2, -0.15) is 5.10 Å². The van der Waals surface area contributed by atoms with Crippen molar-refractivity contribution in [3.8, 4) is 0 Å². The average Bonchev–Trinajstić information content (AvgIpc) is 3.23. The standard InChI is InChI=1S/C27H35N5O2/c1-3-21-13-25(30-34-21)27-14-19(27)15-32(17-27)12-11-18-7-9-20(10-8-18)28-26(33)22-5-4-6-24-23(22)16-31(2)29-24/h4-6,13,16,18-20H,3,7-12,14-15,17H2,1-2H3,(H,28,33). The number of nitrogens with zero attached hydrogens (tertiary/aromatic N) is 4. The molecule has 1 N–H and O–H groups in total. The molecule has 2 aliphatic carbocycles. The molecule has 3 aliphatic rings. The molecule has 2 saturated carbocycles. The maximum atomic E-state index is 13.0. The van der Waals surface area contributed by atoms with Crippen molar-refractivity contribution in [1.29, 1.82) is 0 Å². The van der Waals surface area contributed by atoms with E-state index in [9.17, 15) is 4.79 Å². The molecule has 2 unspecified atom stereocenters. The number of carbonyl (C=O) groups excluding carboxylic acids is 1. The molecule has 3 heterocycles. The van der Waals surface area contributed by atoms with Gasteiger partial charge in [-0.1, -0.05) is 18.1 Å². The summed E-state index contributed by atoms with van der Waals surface area (Å²) in [7, 11) is 1.89. The van der Waals surface area contributed by atoms with E-state index in [0.29, 0.717) is 0 Å². The first-order valence-electron chi connectivity index (χ1n) is 13.0. The fourth-order valence-electron chi connectivity index (χ4n) is 6.45. The molecule has 2 aromatic heterocycles. The van der Waals surface area contributed by atoms with Crippen molar-refractivity contribution in [2.45, 2.75) is 63.3 Å². The van der Waals surface area contributed by atoms with Crippen LogP contribution in [0.25, 0.3) is 10.9 Å². The Labute approximate surface area is 200 Å². The van der Waals surface area contributed by atoms with E-state index < -0.39 is 0 Å². The smallest absolute Gasteiger partial charge is 0.252 e. The minimum absolute atomic E-state index is 0.0303. The zero-order valence-electron chi connectivity index (χ0n) is 20.3. The summed E-state index contributed by atoms with van der Waals surface area (Å²) in [5, 5.41) is 13.0. The van der Waals surface area contributed by atoms with E-state index >= 15 is 0 Å². The summed E-state index contributed by atoms with van der Waals surface area (Å²) >= 11 is 0. The summed E-state index contributed by atoms with van der Waals surface area (Å²) in [5.41, 5.74) is 3.06. The minimum Gasteiger partial charge on any atom is -0.361 e. The number of amides is 1. The molecule has 1 aromatic carbocycles. The molecule has 7 nitrogen and oxygen atoms in total. The van der Waals surface area contributed by atoms with E-state index in [2.05, 4.69) is 33.5 Å². The number of hydrogen-bond donors (Lipinski definition) is 1. The van der Waals surface area contributed by atoms with E-state index in [-0.39, 0.29) is 17.4 Å². The second-order valence-electron chi connectivity index (χ2n) is 10.8. The minimum atomic E-state index is 0.0303. The third kappa shape index (κ3) is 3.94. The Morgan fingerprint density at radius 1 is 1.26 bits per heavy atom. The highest BCUT2D eigenvalue weighted by Gasteiger charge is 2.62. The highest BCUT2D eigenvalue weighted by Crippen LogP contribution is 2.58. The first-order chi connectivity index (χ1) is 16.5. The Hall–Kier alpha value is -2.67. The van der Waals surface area contributed by atoms with Crippen LogP contribution in [0.3, 0.4) is 0 Å². The largest absolute Gasteiger partial charge is 0.361 e. The highest BCUT2D eigenvalue weighted by atomic mass is 16.5. The van der Waals surface area contributed by atoms with Crippen LogP contribution in [0, 0.1) is 11.8 Å². The van der Waals surface area contributed by atoms with Crippen LogP contribution >= 0.6 is 0 Å². The van der Waals surface area contributed by atoms with E-state index in [1.807, 2.05) is 31.4 Å². The summed E-state index contributed by atoms with van der Waals surface area (Å²) in [5.74, 6) is 2.57. The Kier molecular flexibility index (Phi) is 5.47. The first kappa shape index (κ1) is 21.8. The van der Waals surface area contributed by atoms with Crippen molar-refractivity contribution >= 4 is 16.8 Å². The molecular weight excluding hydrogens is 426 g/mol. The van der Waals surface area contributed by atoms with Crippen molar-refractivity contribution in [3.05, 3.63) is 47.5 Å².